The molecule has 0 radical (unpaired) electrons. The Morgan fingerprint density at radius 1 is 1.29 bits per heavy atom. The number of hydrogen-bond acceptors (Lipinski definition) is 4. The molecule has 1 aliphatic rings. The van der Waals surface area contributed by atoms with Crippen molar-refractivity contribution < 1.29 is 13.2 Å². The first-order chi connectivity index (χ1) is 11.4. The third kappa shape index (κ3) is 3.85. The van der Waals surface area contributed by atoms with E-state index >= 15 is 0 Å². The van der Waals surface area contributed by atoms with Crippen LogP contribution < -0.4 is 10.0 Å². The number of carbonyl (C=O) groups is 1. The Balaban J connectivity index is 1.77. The van der Waals surface area contributed by atoms with Gasteiger partial charge in [-0.1, -0.05) is 13.0 Å². The summed E-state index contributed by atoms with van der Waals surface area (Å²) in [5.74, 6) is -0.215. The highest BCUT2D eigenvalue weighted by Gasteiger charge is 2.28. The number of aryl methyl sites for hydroxylation is 2. The fraction of sp³-hybridized carbons (Fsp3) is 0.353. The Hall–Kier alpha value is -1.70. The molecule has 0 saturated heterocycles. The smallest absolute Gasteiger partial charge is 0.265 e. The quantitative estimate of drug-likeness (QED) is 0.826. The molecule has 0 atom stereocenters. The highest BCUT2D eigenvalue weighted by Crippen LogP contribution is 2.25. The lowest BCUT2D eigenvalue weighted by Gasteiger charge is -2.08. The molecule has 7 heteroatoms. The van der Waals surface area contributed by atoms with E-state index in [0.29, 0.717) is 10.6 Å². The Bertz CT molecular complexity index is 868. The molecule has 1 aliphatic carbocycles. The van der Waals surface area contributed by atoms with Gasteiger partial charge in [-0.3, -0.25) is 4.79 Å². The molecular weight excluding hydrogens is 344 g/mol. The van der Waals surface area contributed by atoms with E-state index in [1.54, 1.807) is 12.1 Å². The Labute approximate surface area is 146 Å². The van der Waals surface area contributed by atoms with E-state index in [2.05, 4.69) is 17.0 Å². The van der Waals surface area contributed by atoms with Crippen LogP contribution in [0.3, 0.4) is 0 Å². The van der Waals surface area contributed by atoms with Gasteiger partial charge in [-0.25, -0.2) is 13.1 Å². The van der Waals surface area contributed by atoms with Crippen molar-refractivity contribution in [2.24, 2.45) is 0 Å². The molecule has 0 bridgehead atoms. The van der Waals surface area contributed by atoms with Gasteiger partial charge in [0.1, 0.15) is 0 Å². The number of anilines is 1. The van der Waals surface area contributed by atoms with Crippen molar-refractivity contribution in [2.75, 3.05) is 5.32 Å². The maximum absolute atomic E-state index is 12.4. The minimum Gasteiger partial charge on any atom is -0.321 e. The molecule has 0 unspecified atom stereocenters. The molecule has 24 heavy (non-hydrogen) atoms. The van der Waals surface area contributed by atoms with Gasteiger partial charge < -0.3 is 5.32 Å². The van der Waals surface area contributed by atoms with Crippen LogP contribution in [0, 0.1) is 6.92 Å². The van der Waals surface area contributed by atoms with Gasteiger partial charge >= 0.3 is 0 Å². The van der Waals surface area contributed by atoms with Crippen LogP contribution >= 0.6 is 11.3 Å². The van der Waals surface area contributed by atoms with Crippen LogP contribution in [0.2, 0.25) is 0 Å². The lowest BCUT2D eigenvalue weighted by Crippen LogP contribution is -2.25. The molecule has 1 saturated carbocycles. The monoisotopic (exact) mass is 364 g/mol. The average Bonchev–Trinajstić information content (AvgIpc) is 3.26. The van der Waals surface area contributed by atoms with Crippen LogP contribution in [0.25, 0.3) is 0 Å². The average molecular weight is 364 g/mol. The third-order valence-corrected chi connectivity index (χ3v) is 6.77. The SMILES string of the molecule is CCc1sc(C(=O)Nc2cccc(S(=O)(=O)NC3CC3)c2)cc1C. The largest absolute Gasteiger partial charge is 0.321 e. The summed E-state index contributed by atoms with van der Waals surface area (Å²) in [5.41, 5.74) is 1.58. The lowest BCUT2D eigenvalue weighted by molar-refractivity contribution is 0.103. The summed E-state index contributed by atoms with van der Waals surface area (Å²) in [7, 11) is -3.53. The van der Waals surface area contributed by atoms with Crippen LogP contribution in [0.4, 0.5) is 5.69 Å². The van der Waals surface area contributed by atoms with E-state index in [4.69, 9.17) is 0 Å². The van der Waals surface area contributed by atoms with Gasteiger partial charge in [0, 0.05) is 16.6 Å². The van der Waals surface area contributed by atoms with Crippen molar-refractivity contribution in [3.8, 4) is 0 Å². The summed E-state index contributed by atoms with van der Waals surface area (Å²) in [6.45, 7) is 4.05. The minimum absolute atomic E-state index is 0.0507. The molecule has 0 aliphatic heterocycles. The molecule has 1 aromatic heterocycles. The van der Waals surface area contributed by atoms with Gasteiger partial charge in [0.05, 0.1) is 9.77 Å². The Morgan fingerprint density at radius 2 is 2.04 bits per heavy atom. The molecule has 128 valence electrons. The molecule has 3 rings (SSSR count). The van der Waals surface area contributed by atoms with Crippen LogP contribution in [-0.4, -0.2) is 20.4 Å². The second-order valence-electron chi connectivity index (χ2n) is 5.95. The zero-order valence-electron chi connectivity index (χ0n) is 13.6. The lowest BCUT2D eigenvalue weighted by atomic mass is 10.2. The molecule has 1 heterocycles. The fourth-order valence-corrected chi connectivity index (χ4v) is 4.76. The minimum atomic E-state index is -3.53. The second-order valence-corrected chi connectivity index (χ2v) is 8.80. The number of hydrogen-bond donors (Lipinski definition) is 2. The van der Waals surface area contributed by atoms with E-state index in [1.165, 1.54) is 28.3 Å². The number of benzene rings is 1. The molecular formula is C17H20N2O3S2. The topological polar surface area (TPSA) is 75.3 Å². The van der Waals surface area contributed by atoms with Gasteiger partial charge in [0.15, 0.2) is 0 Å². The van der Waals surface area contributed by atoms with E-state index in [0.717, 1.165) is 24.8 Å². The van der Waals surface area contributed by atoms with Crippen molar-refractivity contribution >= 4 is 33.0 Å². The Kier molecular flexibility index (Phi) is 4.76. The summed E-state index contributed by atoms with van der Waals surface area (Å²) in [5, 5.41) is 2.78. The number of amides is 1. The van der Waals surface area contributed by atoms with Crippen LogP contribution in [0.5, 0.6) is 0 Å². The molecule has 0 spiro atoms. The molecule has 1 aromatic carbocycles. The van der Waals surface area contributed by atoms with Crippen molar-refractivity contribution in [1.29, 1.82) is 0 Å². The highest BCUT2D eigenvalue weighted by atomic mass is 32.2. The summed E-state index contributed by atoms with van der Waals surface area (Å²) in [6.07, 6.45) is 2.66. The van der Waals surface area contributed by atoms with Crippen molar-refractivity contribution in [1.82, 2.24) is 4.72 Å². The van der Waals surface area contributed by atoms with Gasteiger partial charge in [0.2, 0.25) is 10.0 Å². The van der Waals surface area contributed by atoms with E-state index in [-0.39, 0.29) is 16.8 Å². The van der Waals surface area contributed by atoms with Gasteiger partial charge in [-0.2, -0.15) is 0 Å². The first-order valence-electron chi connectivity index (χ1n) is 7.92. The summed E-state index contributed by atoms with van der Waals surface area (Å²) in [4.78, 5) is 14.4. The summed E-state index contributed by atoms with van der Waals surface area (Å²) in [6, 6.07) is 8.27. The zero-order chi connectivity index (χ0) is 17.3. The first kappa shape index (κ1) is 17.1. The predicted octanol–water partition coefficient (Wildman–Crippen LogP) is 3.31. The van der Waals surface area contributed by atoms with Gasteiger partial charge in [0.25, 0.3) is 5.91 Å². The van der Waals surface area contributed by atoms with Crippen molar-refractivity contribution in [3.63, 3.8) is 0 Å². The van der Waals surface area contributed by atoms with Gasteiger partial charge in [-0.05, 0) is 56.0 Å². The number of thiophene rings is 1. The standard InChI is InChI=1S/C17H20N2O3S2/c1-3-15-11(2)9-16(23-15)17(20)18-13-5-4-6-14(10-13)24(21,22)19-12-7-8-12/h4-6,9-10,12,19H,3,7-8H2,1-2H3,(H,18,20). The second kappa shape index (κ2) is 6.66. The van der Waals surface area contributed by atoms with Crippen LogP contribution in [0.1, 0.15) is 39.9 Å². The summed E-state index contributed by atoms with van der Waals surface area (Å²) < 4.78 is 27.2. The number of sulfonamides is 1. The fourth-order valence-electron chi connectivity index (χ4n) is 2.41. The molecule has 2 aromatic rings. The molecule has 5 nitrogen and oxygen atoms in total. The van der Waals surface area contributed by atoms with Crippen LogP contribution in [-0.2, 0) is 16.4 Å². The molecule has 1 fully saturated rings. The normalized spacial score (nSPS) is 14.6. The van der Waals surface area contributed by atoms with Gasteiger partial charge in [-0.15, -0.1) is 11.3 Å². The van der Waals surface area contributed by atoms with E-state index in [1.807, 2.05) is 13.0 Å². The Morgan fingerprint density at radius 3 is 2.67 bits per heavy atom. The number of nitrogens with one attached hydrogen (secondary N) is 2. The van der Waals surface area contributed by atoms with E-state index < -0.39 is 10.0 Å². The molecule has 2 N–H and O–H groups in total. The van der Waals surface area contributed by atoms with Crippen molar-refractivity contribution in [3.05, 3.63) is 45.6 Å². The number of rotatable bonds is 6. The summed E-state index contributed by atoms with van der Waals surface area (Å²) >= 11 is 1.47. The zero-order valence-corrected chi connectivity index (χ0v) is 15.3. The van der Waals surface area contributed by atoms with Crippen molar-refractivity contribution in [2.45, 2.75) is 44.0 Å². The third-order valence-electron chi connectivity index (χ3n) is 3.87. The first-order valence-corrected chi connectivity index (χ1v) is 10.2. The molecule has 1 amide bonds. The predicted molar refractivity (Wildman–Crippen MR) is 96.2 cm³/mol. The van der Waals surface area contributed by atoms with Crippen LogP contribution in [0.15, 0.2) is 35.2 Å². The van der Waals surface area contributed by atoms with E-state index in [9.17, 15) is 13.2 Å². The maximum atomic E-state index is 12.4. The number of carbonyl (C=O) groups excluding carboxylic acids is 1. The highest BCUT2D eigenvalue weighted by molar-refractivity contribution is 7.89. The maximum Gasteiger partial charge on any atom is 0.265 e.